The molecule has 1 aliphatic rings. The van der Waals surface area contributed by atoms with Crippen LogP contribution in [-0.4, -0.2) is 28.5 Å². The van der Waals surface area contributed by atoms with E-state index >= 15 is 0 Å². The molecule has 0 saturated carbocycles. The van der Waals surface area contributed by atoms with E-state index in [4.69, 9.17) is 27.6 Å². The minimum atomic E-state index is -0.618. The summed E-state index contributed by atoms with van der Waals surface area (Å²) in [5.41, 5.74) is 0.936. The van der Waals surface area contributed by atoms with Crippen LogP contribution in [-0.2, 0) is 9.59 Å². The molecule has 3 amide bonds. The van der Waals surface area contributed by atoms with Crippen molar-refractivity contribution in [3.8, 4) is 11.3 Å². The van der Waals surface area contributed by atoms with Crippen molar-refractivity contribution in [2.24, 2.45) is 0 Å². The van der Waals surface area contributed by atoms with Crippen LogP contribution in [0.3, 0.4) is 0 Å². The van der Waals surface area contributed by atoms with Crippen molar-refractivity contribution in [3.05, 3.63) is 81.1 Å². The Morgan fingerprint density at radius 3 is 2.59 bits per heavy atom. The van der Waals surface area contributed by atoms with Crippen LogP contribution in [0.5, 0.6) is 0 Å². The first-order chi connectivity index (χ1) is 15.3. The van der Waals surface area contributed by atoms with Crippen molar-refractivity contribution in [1.29, 1.82) is 0 Å². The third-order valence-corrected chi connectivity index (χ3v) is 5.87. The molecule has 32 heavy (non-hydrogen) atoms. The highest BCUT2D eigenvalue weighted by molar-refractivity contribution is 8.18. The molecule has 1 aromatic heterocycles. The van der Waals surface area contributed by atoms with E-state index in [-0.39, 0.29) is 4.91 Å². The Morgan fingerprint density at radius 2 is 1.84 bits per heavy atom. The third kappa shape index (κ3) is 4.88. The second-order valence-electron chi connectivity index (χ2n) is 6.65. The SMILES string of the molecule is O=C(CN1C(=O)S/C(=C\c2ccc(-c3cc(Cl)ccc3Cl)o2)C1=O)Nc1ccc(F)cc1. The van der Waals surface area contributed by atoms with Gasteiger partial charge in [0.05, 0.1) is 9.93 Å². The molecule has 1 aliphatic heterocycles. The lowest BCUT2D eigenvalue weighted by Gasteiger charge is -2.12. The van der Waals surface area contributed by atoms with E-state index in [2.05, 4.69) is 5.32 Å². The van der Waals surface area contributed by atoms with Gasteiger partial charge < -0.3 is 9.73 Å². The number of benzene rings is 2. The fourth-order valence-electron chi connectivity index (χ4n) is 2.90. The number of amides is 3. The zero-order valence-electron chi connectivity index (χ0n) is 16.1. The van der Waals surface area contributed by atoms with Gasteiger partial charge in [-0.25, -0.2) is 4.39 Å². The molecule has 0 radical (unpaired) electrons. The molecule has 10 heteroatoms. The zero-order valence-corrected chi connectivity index (χ0v) is 18.4. The normalized spacial score (nSPS) is 15.0. The molecule has 2 heterocycles. The van der Waals surface area contributed by atoms with E-state index < -0.39 is 29.4 Å². The summed E-state index contributed by atoms with van der Waals surface area (Å²) in [6.45, 7) is -0.471. The van der Waals surface area contributed by atoms with Crippen LogP contribution in [0.15, 0.2) is 63.9 Å². The Morgan fingerprint density at radius 1 is 1.09 bits per heavy atom. The number of carbonyl (C=O) groups is 3. The lowest BCUT2D eigenvalue weighted by molar-refractivity contribution is -0.127. The number of anilines is 1. The average molecular weight is 491 g/mol. The Kier molecular flexibility index (Phi) is 6.36. The molecule has 4 rings (SSSR count). The van der Waals surface area contributed by atoms with Gasteiger partial charge in [-0.2, -0.15) is 0 Å². The summed E-state index contributed by atoms with van der Waals surface area (Å²) in [4.78, 5) is 38.0. The van der Waals surface area contributed by atoms with Gasteiger partial charge in [0.1, 0.15) is 23.9 Å². The third-order valence-electron chi connectivity index (χ3n) is 4.40. The number of hydrogen-bond acceptors (Lipinski definition) is 5. The lowest BCUT2D eigenvalue weighted by atomic mass is 10.2. The van der Waals surface area contributed by atoms with Gasteiger partial charge in [0.15, 0.2) is 0 Å². The van der Waals surface area contributed by atoms with E-state index in [9.17, 15) is 18.8 Å². The maximum atomic E-state index is 13.0. The van der Waals surface area contributed by atoms with Gasteiger partial charge in [-0.1, -0.05) is 23.2 Å². The number of furan rings is 1. The number of thioether (sulfide) groups is 1. The van der Waals surface area contributed by atoms with Crippen LogP contribution in [0.25, 0.3) is 17.4 Å². The minimum absolute atomic E-state index is 0.114. The number of nitrogens with zero attached hydrogens (tertiary/aromatic N) is 1. The summed E-state index contributed by atoms with van der Waals surface area (Å²) in [6, 6.07) is 13.4. The number of hydrogen-bond donors (Lipinski definition) is 1. The summed E-state index contributed by atoms with van der Waals surface area (Å²) in [6.07, 6.45) is 1.42. The summed E-state index contributed by atoms with van der Waals surface area (Å²) in [5.74, 6) is -0.874. The van der Waals surface area contributed by atoms with Crippen LogP contribution >= 0.6 is 35.0 Å². The van der Waals surface area contributed by atoms with Gasteiger partial charge in [-0.15, -0.1) is 0 Å². The van der Waals surface area contributed by atoms with Gasteiger partial charge >= 0.3 is 0 Å². The van der Waals surface area contributed by atoms with Crippen molar-refractivity contribution >= 4 is 63.8 Å². The molecule has 1 N–H and O–H groups in total. The quantitative estimate of drug-likeness (QED) is 0.439. The fourth-order valence-corrected chi connectivity index (χ4v) is 4.11. The zero-order chi connectivity index (χ0) is 22.8. The van der Waals surface area contributed by atoms with Gasteiger partial charge in [-0.3, -0.25) is 19.3 Å². The molecule has 0 aliphatic carbocycles. The number of carbonyl (C=O) groups excluding carboxylic acids is 3. The topological polar surface area (TPSA) is 79.6 Å². The maximum Gasteiger partial charge on any atom is 0.294 e. The van der Waals surface area contributed by atoms with Gasteiger partial charge in [0.25, 0.3) is 11.1 Å². The summed E-state index contributed by atoms with van der Waals surface area (Å²) in [5, 5.41) is 2.86. The minimum Gasteiger partial charge on any atom is -0.457 e. The summed E-state index contributed by atoms with van der Waals surface area (Å²) >= 11 is 12.9. The molecule has 0 bridgehead atoms. The van der Waals surface area contributed by atoms with Crippen LogP contribution < -0.4 is 5.32 Å². The molecular weight excluding hydrogens is 478 g/mol. The molecule has 0 atom stereocenters. The van der Waals surface area contributed by atoms with Crippen LogP contribution in [0.1, 0.15) is 5.76 Å². The first kappa shape index (κ1) is 22.1. The van der Waals surface area contributed by atoms with Crippen molar-refractivity contribution in [2.45, 2.75) is 0 Å². The standard InChI is InChI=1S/C22H13Cl2FN2O4S/c23-12-1-7-17(24)16(9-12)18-8-6-15(31-18)10-19-21(29)27(22(30)32-19)11-20(28)26-14-4-2-13(25)3-5-14/h1-10H,11H2,(H,26,28)/b19-10-. The van der Waals surface area contributed by atoms with Gasteiger partial charge in [0.2, 0.25) is 5.91 Å². The Hall–Kier alpha value is -3.07. The van der Waals surface area contributed by atoms with Gasteiger partial charge in [-0.05, 0) is 66.4 Å². The van der Waals surface area contributed by atoms with Crippen molar-refractivity contribution in [2.75, 3.05) is 11.9 Å². The van der Waals surface area contributed by atoms with Crippen LogP contribution in [0.2, 0.25) is 10.0 Å². The Balaban J connectivity index is 1.46. The molecule has 1 saturated heterocycles. The molecule has 0 spiro atoms. The summed E-state index contributed by atoms with van der Waals surface area (Å²) in [7, 11) is 0. The average Bonchev–Trinajstić information content (AvgIpc) is 3.32. The Bertz CT molecular complexity index is 1260. The second-order valence-corrected chi connectivity index (χ2v) is 8.49. The second kappa shape index (κ2) is 9.20. The first-order valence-corrected chi connectivity index (χ1v) is 10.7. The van der Waals surface area contributed by atoms with Crippen LogP contribution in [0.4, 0.5) is 14.9 Å². The van der Waals surface area contributed by atoms with E-state index in [0.29, 0.717) is 44.6 Å². The van der Waals surface area contributed by atoms with E-state index in [1.165, 1.54) is 30.3 Å². The van der Waals surface area contributed by atoms with Crippen molar-refractivity contribution < 1.29 is 23.2 Å². The number of rotatable bonds is 5. The molecule has 162 valence electrons. The highest BCUT2D eigenvalue weighted by Gasteiger charge is 2.36. The van der Waals surface area contributed by atoms with Crippen molar-refractivity contribution in [1.82, 2.24) is 4.90 Å². The lowest BCUT2D eigenvalue weighted by Crippen LogP contribution is -2.36. The molecule has 6 nitrogen and oxygen atoms in total. The predicted octanol–water partition coefficient (Wildman–Crippen LogP) is 6.07. The highest BCUT2D eigenvalue weighted by Crippen LogP contribution is 2.35. The largest absolute Gasteiger partial charge is 0.457 e. The molecule has 0 unspecified atom stereocenters. The van der Waals surface area contributed by atoms with Gasteiger partial charge in [0, 0.05) is 22.3 Å². The maximum absolute atomic E-state index is 13.0. The van der Waals surface area contributed by atoms with Crippen LogP contribution in [0, 0.1) is 5.82 Å². The van der Waals surface area contributed by atoms with E-state index in [1.54, 1.807) is 30.3 Å². The molecule has 1 fully saturated rings. The first-order valence-electron chi connectivity index (χ1n) is 9.16. The van der Waals surface area contributed by atoms with E-state index in [1.807, 2.05) is 0 Å². The van der Waals surface area contributed by atoms with Crippen molar-refractivity contribution in [3.63, 3.8) is 0 Å². The van der Waals surface area contributed by atoms with E-state index in [0.717, 1.165) is 4.90 Å². The number of nitrogens with one attached hydrogen (secondary N) is 1. The smallest absolute Gasteiger partial charge is 0.294 e. The predicted molar refractivity (Wildman–Crippen MR) is 122 cm³/mol. The summed E-state index contributed by atoms with van der Waals surface area (Å²) < 4.78 is 18.7. The number of imide groups is 1. The molecule has 3 aromatic rings. The fraction of sp³-hybridized carbons (Fsp3) is 0.0455. The number of halogens is 3. The Labute approximate surface area is 196 Å². The highest BCUT2D eigenvalue weighted by atomic mass is 35.5. The monoisotopic (exact) mass is 490 g/mol. The molecule has 2 aromatic carbocycles. The molecular formula is C22H13Cl2FN2O4S.